The first-order chi connectivity index (χ1) is 26.7. The van der Waals surface area contributed by atoms with E-state index in [-0.39, 0.29) is 29.5 Å². The van der Waals surface area contributed by atoms with E-state index in [9.17, 15) is 26.8 Å². The van der Waals surface area contributed by atoms with E-state index in [1.54, 1.807) is 0 Å². The van der Waals surface area contributed by atoms with Crippen molar-refractivity contribution in [2.24, 2.45) is 0 Å². The van der Waals surface area contributed by atoms with Crippen LogP contribution in [0.2, 0.25) is 0 Å². The molecule has 0 radical (unpaired) electrons. The van der Waals surface area contributed by atoms with E-state index in [1.807, 2.05) is 0 Å². The predicted molar refractivity (Wildman–Crippen MR) is 234 cm³/mol. The van der Waals surface area contributed by atoms with E-state index in [0.29, 0.717) is 12.8 Å². The standard InChI is InChI=1S/C22H23S.C11H21ClO5S.C10H17F2IO2/c1-22(2,3)20-16-10-11-17-21(20)23(18-12-6-4-7-13-18)19-14-8-5-9-15-19;1-18(14,15)17-11(13)16-10-8-6-4-2-3-5-7-9-12;11-9(12)10(14)15-8-6-4-2-1-3-5-7-13/h4-17H,1-3H3;2-10H2,1H3;9H,1-8H2/q+1;;. The van der Waals surface area contributed by atoms with E-state index in [2.05, 4.69) is 142 Å². The highest BCUT2D eigenvalue weighted by molar-refractivity contribution is 14.1. The van der Waals surface area contributed by atoms with Crippen LogP contribution in [-0.2, 0) is 44.9 Å². The van der Waals surface area contributed by atoms with Crippen LogP contribution in [0.3, 0.4) is 0 Å². The van der Waals surface area contributed by atoms with Crippen molar-refractivity contribution < 1.29 is 40.4 Å². The maximum Gasteiger partial charge on any atom is 0.524 e. The third-order valence-electron chi connectivity index (χ3n) is 8.04. The van der Waals surface area contributed by atoms with Gasteiger partial charge in [0.1, 0.15) is 0 Å². The number of esters is 1. The lowest BCUT2D eigenvalue weighted by atomic mass is 9.87. The number of rotatable bonds is 22. The SMILES string of the molecule is CC(C)(C)c1ccccc1[S+](c1ccccc1)c1ccccc1.CS(=O)(=O)OC(=O)OCCCCCCCCCCl.O=C(OCCCCCCCCI)C(F)F. The Hall–Kier alpha value is -2.42. The van der Waals surface area contributed by atoms with Crippen LogP contribution in [0.25, 0.3) is 0 Å². The number of benzene rings is 3. The van der Waals surface area contributed by atoms with Gasteiger partial charge in [0.15, 0.2) is 14.7 Å². The van der Waals surface area contributed by atoms with Gasteiger partial charge < -0.3 is 13.7 Å². The van der Waals surface area contributed by atoms with E-state index >= 15 is 0 Å². The number of halogens is 4. The zero-order chi connectivity index (χ0) is 41.7. The molecule has 0 saturated carbocycles. The zero-order valence-corrected chi connectivity index (χ0v) is 37.9. The molecule has 0 unspecified atom stereocenters. The highest BCUT2D eigenvalue weighted by atomic mass is 127. The molecule has 0 N–H and O–H groups in total. The Kier molecular flexibility index (Phi) is 28.2. The van der Waals surface area contributed by atoms with Gasteiger partial charge in [-0.1, -0.05) is 156 Å². The fraction of sp³-hybridized carbons (Fsp3) is 0.535. The number of hydrogen-bond donors (Lipinski definition) is 0. The third-order valence-corrected chi connectivity index (χ3v) is 11.8. The molecule has 3 rings (SSSR count). The Bertz CT molecular complexity index is 1540. The van der Waals surface area contributed by atoms with Crippen molar-refractivity contribution in [3.8, 4) is 0 Å². The van der Waals surface area contributed by atoms with Crippen molar-refractivity contribution in [2.75, 3.05) is 29.8 Å². The molecule has 7 nitrogen and oxygen atoms in total. The van der Waals surface area contributed by atoms with Gasteiger partial charge in [-0.25, -0.2) is 9.59 Å². The molecule has 0 aliphatic rings. The maximum absolute atomic E-state index is 11.7. The predicted octanol–water partition coefficient (Wildman–Crippen LogP) is 12.7. The van der Waals surface area contributed by atoms with Gasteiger partial charge in [-0.2, -0.15) is 17.2 Å². The molecule has 0 fully saturated rings. The van der Waals surface area contributed by atoms with Gasteiger partial charge in [0.05, 0.1) is 30.4 Å². The molecular weight excluding hydrogens is 893 g/mol. The monoisotopic (exact) mass is 953 g/mol. The van der Waals surface area contributed by atoms with Gasteiger partial charge in [0.25, 0.3) is 0 Å². The molecule has 3 aromatic carbocycles. The smallest absolute Gasteiger partial charge is 0.461 e. The summed E-state index contributed by atoms with van der Waals surface area (Å²) >= 11 is 7.90. The average molecular weight is 954 g/mol. The number of unbranched alkanes of at least 4 members (excludes halogenated alkanes) is 11. The van der Waals surface area contributed by atoms with Gasteiger partial charge in [-0.3, -0.25) is 0 Å². The molecule has 314 valence electrons. The van der Waals surface area contributed by atoms with Crippen molar-refractivity contribution in [3.05, 3.63) is 90.5 Å². The highest BCUT2D eigenvalue weighted by Crippen LogP contribution is 2.37. The van der Waals surface area contributed by atoms with Crippen molar-refractivity contribution in [2.45, 2.75) is 131 Å². The summed E-state index contributed by atoms with van der Waals surface area (Å²) in [6.07, 6.45) is 10.3. The summed E-state index contributed by atoms with van der Waals surface area (Å²) in [6.45, 7) is 7.20. The number of carbonyl (C=O) groups is 2. The molecule has 0 saturated heterocycles. The minimum absolute atomic E-state index is 0.0727. The first-order valence-electron chi connectivity index (χ1n) is 19.3. The van der Waals surface area contributed by atoms with Gasteiger partial charge >= 0.3 is 28.7 Å². The van der Waals surface area contributed by atoms with E-state index in [1.165, 1.54) is 50.4 Å². The molecular formula is C43H61ClF2IO7S2+. The van der Waals surface area contributed by atoms with Crippen LogP contribution in [0.1, 0.15) is 110 Å². The number of carbonyl (C=O) groups excluding carboxylic acids is 2. The Balaban J connectivity index is 0.000000433. The normalized spacial score (nSPS) is 11.2. The molecule has 0 atom stereocenters. The summed E-state index contributed by atoms with van der Waals surface area (Å²) in [5.74, 6) is -0.684. The quantitative estimate of drug-likeness (QED) is 0.0247. The summed E-state index contributed by atoms with van der Waals surface area (Å²) in [5.41, 5.74) is 1.56. The molecule has 0 spiro atoms. The molecule has 56 heavy (non-hydrogen) atoms. The summed E-state index contributed by atoms with van der Waals surface area (Å²) < 4.78 is 58.6. The average Bonchev–Trinajstić information content (AvgIpc) is 3.16. The summed E-state index contributed by atoms with van der Waals surface area (Å²) in [7, 11) is -3.84. The van der Waals surface area contributed by atoms with Crippen LogP contribution in [0, 0.1) is 0 Å². The number of alkyl halides is 4. The maximum atomic E-state index is 11.7. The van der Waals surface area contributed by atoms with Gasteiger partial charge in [-0.05, 0) is 65.9 Å². The van der Waals surface area contributed by atoms with E-state index < -0.39 is 28.7 Å². The van der Waals surface area contributed by atoms with Crippen molar-refractivity contribution in [3.63, 3.8) is 0 Å². The summed E-state index contributed by atoms with van der Waals surface area (Å²) in [6, 6.07) is 30.6. The van der Waals surface area contributed by atoms with Crippen LogP contribution in [-0.4, -0.2) is 56.7 Å². The lowest BCUT2D eigenvalue weighted by Crippen LogP contribution is -2.17. The van der Waals surface area contributed by atoms with Crippen LogP contribution < -0.4 is 0 Å². The van der Waals surface area contributed by atoms with Gasteiger partial charge in [0, 0.05) is 11.4 Å². The van der Waals surface area contributed by atoms with Crippen LogP contribution in [0.4, 0.5) is 13.6 Å². The lowest BCUT2D eigenvalue weighted by molar-refractivity contribution is -0.156. The second kappa shape index (κ2) is 30.6. The topological polar surface area (TPSA) is 96.0 Å². The van der Waals surface area contributed by atoms with Gasteiger partial charge in [-0.15, -0.1) is 11.6 Å². The Morgan fingerprint density at radius 1 is 0.679 bits per heavy atom. The minimum atomic E-state index is -3.77. The van der Waals surface area contributed by atoms with Crippen LogP contribution in [0.5, 0.6) is 0 Å². The van der Waals surface area contributed by atoms with Crippen molar-refractivity contribution >= 4 is 67.3 Å². The number of hydrogen-bond acceptors (Lipinski definition) is 7. The molecule has 0 aliphatic carbocycles. The van der Waals surface area contributed by atoms with Crippen molar-refractivity contribution in [1.29, 1.82) is 0 Å². The fourth-order valence-electron chi connectivity index (χ4n) is 5.29. The van der Waals surface area contributed by atoms with E-state index in [0.717, 1.165) is 57.1 Å². The molecule has 0 heterocycles. The zero-order valence-electron chi connectivity index (χ0n) is 33.4. The minimum Gasteiger partial charge on any atom is -0.461 e. The molecule has 0 bridgehead atoms. The Labute approximate surface area is 356 Å². The second-order valence-corrected chi connectivity index (χ2v) is 19.0. The fourth-order valence-corrected chi connectivity index (χ4v) is 8.76. The molecule has 0 aliphatic heterocycles. The van der Waals surface area contributed by atoms with Gasteiger partial charge in [0.2, 0.25) is 0 Å². The lowest BCUT2D eigenvalue weighted by Gasteiger charge is -2.22. The largest absolute Gasteiger partial charge is 0.524 e. The van der Waals surface area contributed by atoms with E-state index in [4.69, 9.17) is 11.6 Å². The second-order valence-electron chi connectivity index (χ2n) is 14.0. The molecule has 0 aromatic heterocycles. The molecule has 0 amide bonds. The first kappa shape index (κ1) is 51.6. The van der Waals surface area contributed by atoms with Crippen molar-refractivity contribution in [1.82, 2.24) is 0 Å². The Morgan fingerprint density at radius 2 is 1.11 bits per heavy atom. The highest BCUT2D eigenvalue weighted by Gasteiger charge is 2.34. The summed E-state index contributed by atoms with van der Waals surface area (Å²) in [5, 5.41) is 0. The van der Waals surface area contributed by atoms with Crippen LogP contribution in [0.15, 0.2) is 99.6 Å². The van der Waals surface area contributed by atoms with Crippen LogP contribution >= 0.6 is 34.2 Å². The molecule has 13 heteroatoms. The number of ether oxygens (including phenoxy) is 2. The summed E-state index contributed by atoms with van der Waals surface area (Å²) in [4.78, 5) is 25.3. The third kappa shape index (κ3) is 25.0. The first-order valence-corrected chi connectivity index (χ1v) is 24.4. The Morgan fingerprint density at radius 3 is 1.55 bits per heavy atom. The molecule has 3 aromatic rings.